The predicted octanol–water partition coefficient (Wildman–Crippen LogP) is 2.95. The molecule has 2 aromatic rings. The Kier molecular flexibility index (Phi) is 5.70. The number of aromatic nitrogens is 1. The molecule has 6 nitrogen and oxygen atoms in total. The van der Waals surface area contributed by atoms with Gasteiger partial charge >= 0.3 is 5.97 Å². The van der Waals surface area contributed by atoms with Crippen LogP contribution in [-0.2, 0) is 9.53 Å². The molecule has 0 aliphatic rings. The Balaban J connectivity index is 1.87. The van der Waals surface area contributed by atoms with Gasteiger partial charge in [-0.1, -0.05) is 6.07 Å². The number of hydrogen-bond donors (Lipinski definition) is 1. The summed E-state index contributed by atoms with van der Waals surface area (Å²) in [6, 6.07) is 5.64. The van der Waals surface area contributed by atoms with E-state index in [0.717, 1.165) is 22.5 Å². The topological polar surface area (TPSA) is 77.5 Å². The summed E-state index contributed by atoms with van der Waals surface area (Å²) in [5.74, 6) is -0.210. The molecule has 0 aliphatic heterocycles. The fraction of sp³-hybridized carbons (Fsp3) is 0.312. The minimum atomic E-state index is -0.504. The van der Waals surface area contributed by atoms with Crippen molar-refractivity contribution in [2.24, 2.45) is 0 Å². The molecule has 0 radical (unpaired) electrons. The number of ether oxygens (including phenoxy) is 2. The van der Waals surface area contributed by atoms with Gasteiger partial charge in [0.05, 0.1) is 6.61 Å². The van der Waals surface area contributed by atoms with Crippen LogP contribution >= 0.6 is 11.3 Å². The van der Waals surface area contributed by atoms with Gasteiger partial charge in [-0.3, -0.25) is 10.1 Å². The van der Waals surface area contributed by atoms with Crippen LogP contribution in [0.25, 0.3) is 0 Å². The van der Waals surface area contributed by atoms with Crippen LogP contribution in [0.1, 0.15) is 28.5 Å². The summed E-state index contributed by atoms with van der Waals surface area (Å²) < 4.78 is 10.3. The van der Waals surface area contributed by atoms with Crippen molar-refractivity contribution in [3.63, 3.8) is 0 Å². The van der Waals surface area contributed by atoms with E-state index in [9.17, 15) is 9.59 Å². The van der Waals surface area contributed by atoms with Crippen molar-refractivity contribution < 1.29 is 19.1 Å². The third-order valence-electron chi connectivity index (χ3n) is 3.08. The largest absolute Gasteiger partial charge is 0.484 e. The highest BCUT2D eigenvalue weighted by Gasteiger charge is 2.13. The molecule has 1 aromatic carbocycles. The average molecular weight is 334 g/mol. The highest BCUT2D eigenvalue weighted by Crippen LogP contribution is 2.18. The molecule has 1 aromatic heterocycles. The van der Waals surface area contributed by atoms with E-state index in [2.05, 4.69) is 10.3 Å². The van der Waals surface area contributed by atoms with Gasteiger partial charge in [-0.05, 0) is 44.0 Å². The zero-order valence-electron chi connectivity index (χ0n) is 13.2. The Bertz CT molecular complexity index is 712. The molecule has 2 rings (SSSR count). The predicted molar refractivity (Wildman–Crippen MR) is 88.1 cm³/mol. The van der Waals surface area contributed by atoms with E-state index in [1.165, 1.54) is 5.38 Å². The maximum Gasteiger partial charge on any atom is 0.357 e. The molecular weight excluding hydrogens is 316 g/mol. The summed E-state index contributed by atoms with van der Waals surface area (Å²) in [6.45, 7) is 5.86. The monoisotopic (exact) mass is 334 g/mol. The quantitative estimate of drug-likeness (QED) is 0.822. The molecule has 1 amide bonds. The summed E-state index contributed by atoms with van der Waals surface area (Å²) in [5, 5.41) is 4.47. The molecule has 23 heavy (non-hydrogen) atoms. The van der Waals surface area contributed by atoms with Crippen LogP contribution in [0.5, 0.6) is 5.75 Å². The number of rotatable bonds is 6. The van der Waals surface area contributed by atoms with Crippen LogP contribution in [0.15, 0.2) is 23.6 Å². The van der Waals surface area contributed by atoms with Crippen molar-refractivity contribution in [2.75, 3.05) is 18.5 Å². The molecule has 0 saturated heterocycles. The van der Waals surface area contributed by atoms with Crippen molar-refractivity contribution in [1.29, 1.82) is 0 Å². The highest BCUT2D eigenvalue weighted by molar-refractivity contribution is 7.14. The van der Waals surface area contributed by atoms with Crippen LogP contribution in [0.3, 0.4) is 0 Å². The molecule has 0 saturated carbocycles. The maximum atomic E-state index is 11.9. The molecule has 0 unspecified atom stereocenters. The van der Waals surface area contributed by atoms with Gasteiger partial charge in [-0.2, -0.15) is 0 Å². The zero-order valence-corrected chi connectivity index (χ0v) is 14.0. The van der Waals surface area contributed by atoms with Crippen LogP contribution in [-0.4, -0.2) is 30.1 Å². The van der Waals surface area contributed by atoms with Crippen LogP contribution in [0.2, 0.25) is 0 Å². The number of amides is 1. The first-order valence-corrected chi connectivity index (χ1v) is 8.00. The van der Waals surface area contributed by atoms with Gasteiger partial charge in [0.25, 0.3) is 5.91 Å². The third kappa shape index (κ3) is 4.79. The summed E-state index contributed by atoms with van der Waals surface area (Å²) in [6.07, 6.45) is 0. The number of nitrogens with zero attached hydrogens (tertiary/aromatic N) is 1. The Morgan fingerprint density at radius 2 is 2.04 bits per heavy atom. The fourth-order valence-corrected chi connectivity index (χ4v) is 2.43. The van der Waals surface area contributed by atoms with E-state index in [0.29, 0.717) is 10.9 Å². The van der Waals surface area contributed by atoms with Gasteiger partial charge < -0.3 is 9.47 Å². The van der Waals surface area contributed by atoms with E-state index in [1.807, 2.05) is 32.0 Å². The number of carbonyl (C=O) groups excluding carboxylic acids is 2. The average Bonchev–Trinajstić information content (AvgIpc) is 2.97. The standard InChI is InChI=1S/C16H18N2O4S/c1-4-21-15(20)13-9-23-16(17-13)18-14(19)8-22-12-6-5-10(2)11(3)7-12/h5-7,9H,4,8H2,1-3H3,(H,17,18,19). The van der Waals surface area contributed by atoms with Gasteiger partial charge in [-0.15, -0.1) is 11.3 Å². The second-order valence-electron chi connectivity index (χ2n) is 4.84. The SMILES string of the molecule is CCOC(=O)c1csc(NC(=O)COc2ccc(C)c(C)c2)n1. The number of carbonyl (C=O) groups is 2. The Morgan fingerprint density at radius 1 is 1.26 bits per heavy atom. The first-order valence-electron chi connectivity index (χ1n) is 7.12. The highest BCUT2D eigenvalue weighted by atomic mass is 32.1. The number of benzene rings is 1. The lowest BCUT2D eigenvalue weighted by molar-refractivity contribution is -0.118. The number of hydrogen-bond acceptors (Lipinski definition) is 6. The summed E-state index contributed by atoms with van der Waals surface area (Å²) in [4.78, 5) is 27.4. The molecule has 0 spiro atoms. The van der Waals surface area contributed by atoms with Crippen LogP contribution in [0.4, 0.5) is 5.13 Å². The van der Waals surface area contributed by atoms with Crippen molar-refractivity contribution in [3.05, 3.63) is 40.4 Å². The van der Waals surface area contributed by atoms with E-state index in [4.69, 9.17) is 9.47 Å². The molecule has 0 aliphatic carbocycles. The minimum Gasteiger partial charge on any atom is -0.484 e. The first-order chi connectivity index (χ1) is 11.0. The lowest BCUT2D eigenvalue weighted by atomic mass is 10.1. The molecule has 1 N–H and O–H groups in total. The van der Waals surface area contributed by atoms with Crippen molar-refractivity contribution >= 4 is 28.3 Å². The van der Waals surface area contributed by atoms with Gasteiger partial charge in [0.15, 0.2) is 17.4 Å². The summed E-state index contributed by atoms with van der Waals surface area (Å²) in [5.41, 5.74) is 2.44. The number of thiazole rings is 1. The summed E-state index contributed by atoms with van der Waals surface area (Å²) in [7, 11) is 0. The van der Waals surface area contributed by atoms with Crippen molar-refractivity contribution in [3.8, 4) is 5.75 Å². The number of esters is 1. The summed E-state index contributed by atoms with van der Waals surface area (Å²) >= 11 is 1.16. The van der Waals surface area contributed by atoms with E-state index in [-0.39, 0.29) is 24.8 Å². The van der Waals surface area contributed by atoms with Crippen molar-refractivity contribution in [2.45, 2.75) is 20.8 Å². The van der Waals surface area contributed by atoms with Gasteiger partial charge in [0.1, 0.15) is 5.75 Å². The van der Waals surface area contributed by atoms with E-state index < -0.39 is 5.97 Å². The molecule has 1 heterocycles. The van der Waals surface area contributed by atoms with Crippen molar-refractivity contribution in [1.82, 2.24) is 4.98 Å². The molecular formula is C16H18N2O4S. The Hall–Kier alpha value is -2.41. The molecule has 122 valence electrons. The minimum absolute atomic E-state index is 0.128. The van der Waals surface area contributed by atoms with Crippen LogP contribution < -0.4 is 10.1 Å². The molecule has 0 atom stereocenters. The van der Waals surface area contributed by atoms with E-state index >= 15 is 0 Å². The Labute approximate surface area is 138 Å². The van der Waals surface area contributed by atoms with Crippen LogP contribution in [0, 0.1) is 13.8 Å². The zero-order chi connectivity index (χ0) is 16.8. The normalized spacial score (nSPS) is 10.2. The molecule has 7 heteroatoms. The number of nitrogens with one attached hydrogen (secondary N) is 1. The Morgan fingerprint density at radius 3 is 2.74 bits per heavy atom. The first kappa shape index (κ1) is 17.0. The smallest absolute Gasteiger partial charge is 0.357 e. The van der Waals surface area contributed by atoms with E-state index in [1.54, 1.807) is 6.92 Å². The van der Waals surface area contributed by atoms with Gasteiger partial charge in [0.2, 0.25) is 0 Å². The maximum absolute atomic E-state index is 11.9. The lowest BCUT2D eigenvalue weighted by Crippen LogP contribution is -2.20. The number of anilines is 1. The molecule has 0 bridgehead atoms. The van der Waals surface area contributed by atoms with Gasteiger partial charge in [0, 0.05) is 5.38 Å². The fourth-order valence-electron chi connectivity index (χ4n) is 1.74. The number of aryl methyl sites for hydroxylation is 2. The second kappa shape index (κ2) is 7.73. The lowest BCUT2D eigenvalue weighted by Gasteiger charge is -2.07. The third-order valence-corrected chi connectivity index (χ3v) is 3.84. The molecule has 0 fully saturated rings. The van der Waals surface area contributed by atoms with Gasteiger partial charge in [-0.25, -0.2) is 9.78 Å². The second-order valence-corrected chi connectivity index (χ2v) is 5.70.